The van der Waals surface area contributed by atoms with Crippen LogP contribution in [0.5, 0.6) is 23.0 Å². The average Bonchev–Trinajstić information content (AvgIpc) is 2.89. The molecule has 0 unspecified atom stereocenters. The minimum absolute atomic E-state index is 0.782. The third-order valence-electron chi connectivity index (χ3n) is 6.41. The van der Waals surface area contributed by atoms with E-state index in [4.69, 9.17) is 21.3 Å². The van der Waals surface area contributed by atoms with Gasteiger partial charge in [-0.1, -0.05) is 66.4 Å². The summed E-state index contributed by atoms with van der Waals surface area (Å²) in [5.74, 6) is 3.23. The lowest BCUT2D eigenvalue weighted by Gasteiger charge is -2.37. The normalized spacial score (nSPS) is 14.1. The van der Waals surface area contributed by atoms with Crippen molar-refractivity contribution in [2.24, 2.45) is 0 Å². The molecule has 1 aromatic heterocycles. The van der Waals surface area contributed by atoms with Crippen LogP contribution >= 0.6 is 6.04 Å². The van der Waals surface area contributed by atoms with E-state index < -0.39 is 6.04 Å². The number of pyridine rings is 1. The molecule has 4 aromatic carbocycles. The molecule has 162 valence electrons. The monoisotopic (exact) mass is 475 g/mol. The van der Waals surface area contributed by atoms with Crippen molar-refractivity contribution in [1.29, 1.82) is 0 Å². The summed E-state index contributed by atoms with van der Waals surface area (Å²) in [5.41, 5.74) is 4.28. The summed E-state index contributed by atoms with van der Waals surface area (Å²) in [6, 6.07) is 30.6. The number of rotatable bonds is 2. The van der Waals surface area contributed by atoms with Crippen molar-refractivity contribution in [3.8, 4) is 45.3 Å². The fourth-order valence-corrected chi connectivity index (χ4v) is 9.41. The Labute approximate surface area is 202 Å². The highest BCUT2D eigenvalue weighted by Gasteiger charge is 2.42. The van der Waals surface area contributed by atoms with Gasteiger partial charge in [-0.3, -0.25) is 4.98 Å². The minimum Gasteiger partial charge on any atom is -0.456 e. The molecule has 0 radical (unpaired) electrons. The highest BCUT2D eigenvalue weighted by atomic mass is 32.4. The SMILES string of the molecule is S=P12c3ccccc3Oc3cc(-c4ccccc4-c4cccnc4)cc(c31)Oc1ccccc12. The maximum absolute atomic E-state index is 6.56. The standard InChI is InChI=1S/C29H18NO2PS/c34-33-27-13-5-3-11-23(27)31-25-16-20(17-26(29(25)33)32-24-12-4-6-14-28(24)33)22-10-2-1-9-21(22)19-8-7-15-30-18-19/h1-18H. The number of nitrogens with zero attached hydrogens (tertiary/aromatic N) is 1. The lowest BCUT2D eigenvalue weighted by Crippen LogP contribution is -2.34. The summed E-state index contributed by atoms with van der Waals surface area (Å²) in [7, 11) is 0. The Morgan fingerprint density at radius 3 is 1.74 bits per heavy atom. The largest absolute Gasteiger partial charge is 0.456 e. The van der Waals surface area contributed by atoms with E-state index in [1.807, 2.05) is 54.7 Å². The number of hydrogen-bond acceptors (Lipinski definition) is 4. The van der Waals surface area contributed by atoms with Gasteiger partial charge in [0.1, 0.15) is 23.0 Å². The Balaban J connectivity index is 1.51. The number of ether oxygens (including phenoxy) is 2. The molecule has 2 aliphatic heterocycles. The molecule has 34 heavy (non-hydrogen) atoms. The van der Waals surface area contributed by atoms with E-state index in [1.165, 1.54) is 0 Å². The number of fused-ring (bicyclic) bond motifs is 4. The zero-order valence-corrected chi connectivity index (χ0v) is 19.7. The summed E-state index contributed by atoms with van der Waals surface area (Å²) in [6.45, 7) is 0. The van der Waals surface area contributed by atoms with Gasteiger partial charge in [0.05, 0.1) is 11.3 Å². The number of aromatic nitrogens is 1. The molecule has 7 rings (SSSR count). The first kappa shape index (κ1) is 19.7. The van der Waals surface area contributed by atoms with Crippen LogP contribution in [-0.2, 0) is 11.8 Å². The van der Waals surface area contributed by atoms with E-state index >= 15 is 0 Å². The van der Waals surface area contributed by atoms with Gasteiger partial charge in [0.15, 0.2) is 0 Å². The summed E-state index contributed by atoms with van der Waals surface area (Å²) in [5, 5.41) is 3.17. The Morgan fingerprint density at radius 2 is 1.15 bits per heavy atom. The Morgan fingerprint density at radius 1 is 0.588 bits per heavy atom. The fourth-order valence-electron chi connectivity index (χ4n) is 4.93. The molecule has 0 bridgehead atoms. The minimum atomic E-state index is -2.32. The summed E-state index contributed by atoms with van der Waals surface area (Å²) >= 11 is 6.56. The summed E-state index contributed by atoms with van der Waals surface area (Å²) in [4.78, 5) is 4.32. The van der Waals surface area contributed by atoms with Gasteiger partial charge in [0.2, 0.25) is 0 Å². The molecule has 0 saturated carbocycles. The maximum atomic E-state index is 6.56. The van der Waals surface area contributed by atoms with Gasteiger partial charge < -0.3 is 9.47 Å². The third-order valence-corrected chi connectivity index (χ3v) is 11.3. The van der Waals surface area contributed by atoms with Gasteiger partial charge in [-0.05, 0) is 59.2 Å². The highest BCUT2D eigenvalue weighted by molar-refractivity contribution is 8.26. The van der Waals surface area contributed by atoms with E-state index in [-0.39, 0.29) is 0 Å². The number of hydrogen-bond donors (Lipinski definition) is 0. The molecule has 5 heteroatoms. The van der Waals surface area contributed by atoms with Crippen LogP contribution in [0.2, 0.25) is 0 Å². The highest BCUT2D eigenvalue weighted by Crippen LogP contribution is 2.59. The smallest absolute Gasteiger partial charge is 0.140 e. The second-order valence-corrected chi connectivity index (χ2v) is 12.6. The zero-order chi connectivity index (χ0) is 22.7. The molecular weight excluding hydrogens is 457 g/mol. The molecule has 0 saturated heterocycles. The first-order valence-electron chi connectivity index (χ1n) is 11.1. The average molecular weight is 476 g/mol. The van der Waals surface area contributed by atoms with Crippen molar-refractivity contribution < 1.29 is 9.47 Å². The van der Waals surface area contributed by atoms with E-state index in [1.54, 1.807) is 6.20 Å². The van der Waals surface area contributed by atoms with Gasteiger partial charge in [-0.15, -0.1) is 0 Å². The van der Waals surface area contributed by atoms with Crippen molar-refractivity contribution in [1.82, 2.24) is 4.98 Å². The van der Waals surface area contributed by atoms with Crippen molar-refractivity contribution >= 4 is 33.8 Å². The maximum Gasteiger partial charge on any atom is 0.140 e. The molecule has 0 amide bonds. The molecule has 5 aromatic rings. The van der Waals surface area contributed by atoms with E-state index in [2.05, 4.69) is 53.5 Å². The molecule has 0 atom stereocenters. The lowest BCUT2D eigenvalue weighted by atomic mass is 9.95. The second-order valence-electron chi connectivity index (χ2n) is 8.36. The second kappa shape index (κ2) is 7.39. The Kier molecular flexibility index (Phi) is 4.29. The first-order valence-corrected chi connectivity index (χ1v) is 13.9. The molecule has 0 N–H and O–H groups in total. The van der Waals surface area contributed by atoms with Gasteiger partial charge >= 0.3 is 0 Å². The van der Waals surface area contributed by atoms with E-state index in [0.29, 0.717) is 0 Å². The number of para-hydroxylation sites is 2. The third kappa shape index (κ3) is 2.76. The van der Waals surface area contributed by atoms with Crippen LogP contribution in [-0.4, -0.2) is 4.98 Å². The van der Waals surface area contributed by atoms with Crippen LogP contribution in [0, 0.1) is 0 Å². The molecule has 0 spiro atoms. The van der Waals surface area contributed by atoms with E-state index in [9.17, 15) is 0 Å². The fraction of sp³-hybridized carbons (Fsp3) is 0. The first-order chi connectivity index (χ1) is 16.7. The van der Waals surface area contributed by atoms with E-state index in [0.717, 1.165) is 61.2 Å². The molecule has 3 heterocycles. The van der Waals surface area contributed by atoms with Crippen molar-refractivity contribution in [3.05, 3.63) is 109 Å². The predicted molar refractivity (Wildman–Crippen MR) is 141 cm³/mol. The quantitative estimate of drug-likeness (QED) is 0.272. The van der Waals surface area contributed by atoms with Crippen LogP contribution < -0.4 is 25.4 Å². The molecule has 2 aliphatic rings. The van der Waals surface area contributed by atoms with Gasteiger partial charge in [0, 0.05) is 28.6 Å². The Hall–Kier alpha value is -3.72. The summed E-state index contributed by atoms with van der Waals surface area (Å²) < 4.78 is 13.0. The molecule has 3 nitrogen and oxygen atoms in total. The van der Waals surface area contributed by atoms with Crippen molar-refractivity contribution in [2.75, 3.05) is 0 Å². The topological polar surface area (TPSA) is 31.4 Å². The van der Waals surface area contributed by atoms with Gasteiger partial charge in [0.25, 0.3) is 0 Å². The number of benzene rings is 4. The Bertz CT molecular complexity index is 1570. The van der Waals surface area contributed by atoms with Crippen LogP contribution in [0.3, 0.4) is 0 Å². The summed E-state index contributed by atoms with van der Waals surface area (Å²) in [6.07, 6.45) is 3.68. The lowest BCUT2D eigenvalue weighted by molar-refractivity contribution is 0.467. The van der Waals surface area contributed by atoms with Crippen LogP contribution in [0.4, 0.5) is 0 Å². The van der Waals surface area contributed by atoms with Crippen LogP contribution in [0.15, 0.2) is 109 Å². The van der Waals surface area contributed by atoms with Crippen molar-refractivity contribution in [3.63, 3.8) is 0 Å². The zero-order valence-electron chi connectivity index (χ0n) is 18.0. The molecule has 0 fully saturated rings. The van der Waals surface area contributed by atoms with Gasteiger partial charge in [-0.2, -0.15) is 0 Å². The predicted octanol–water partition coefficient (Wildman–Crippen LogP) is 6.38. The molecular formula is C29H18NO2PS. The van der Waals surface area contributed by atoms with Gasteiger partial charge in [-0.25, -0.2) is 0 Å². The van der Waals surface area contributed by atoms with Crippen LogP contribution in [0.25, 0.3) is 22.3 Å². The van der Waals surface area contributed by atoms with Crippen molar-refractivity contribution in [2.45, 2.75) is 0 Å². The molecule has 0 aliphatic carbocycles. The van der Waals surface area contributed by atoms with Crippen LogP contribution in [0.1, 0.15) is 0 Å².